The van der Waals surface area contributed by atoms with Gasteiger partial charge in [-0.15, -0.1) is 10.2 Å². The Balaban J connectivity index is 1.38. The van der Waals surface area contributed by atoms with Crippen LogP contribution in [0.1, 0.15) is 59.7 Å². The largest absolute Gasteiger partial charge is 0.416 e. The van der Waals surface area contributed by atoms with E-state index in [9.17, 15) is 18.0 Å². The van der Waals surface area contributed by atoms with Gasteiger partial charge in [0.1, 0.15) is 5.41 Å². The Bertz CT molecular complexity index is 1530. The van der Waals surface area contributed by atoms with Gasteiger partial charge in [0.2, 0.25) is 11.8 Å². The van der Waals surface area contributed by atoms with Gasteiger partial charge in [0.05, 0.1) is 23.1 Å². The highest BCUT2D eigenvalue weighted by Gasteiger charge is 2.52. The van der Waals surface area contributed by atoms with Gasteiger partial charge in [-0.25, -0.2) is 9.97 Å². The number of aromatic amines is 1. The molecule has 3 N–H and O–H groups in total. The normalized spacial score (nSPS) is 16.3. The third-order valence-electron chi connectivity index (χ3n) is 6.95. The second-order valence-corrected chi connectivity index (χ2v) is 10.3. The van der Waals surface area contributed by atoms with E-state index < -0.39 is 35.3 Å². The number of rotatable bonds is 6. The van der Waals surface area contributed by atoms with Crippen molar-refractivity contribution in [1.29, 1.82) is 0 Å². The van der Waals surface area contributed by atoms with Gasteiger partial charge in [-0.2, -0.15) is 18.3 Å². The van der Waals surface area contributed by atoms with Gasteiger partial charge in [-0.05, 0) is 57.5 Å². The molecule has 0 radical (unpaired) electrons. The topological polar surface area (TPSA) is 138 Å². The first-order valence-corrected chi connectivity index (χ1v) is 12.6. The molecule has 1 aliphatic heterocycles. The SMILES string of the molecule is Cc1n[nH]cc1Nc1nccc(-c2ccc3c(c2)CN(C)CC[C@@H]3NC(=O)c2nnc(C(C)(C)C(F)(F)F)o2)n1. The average molecular weight is 556 g/mol. The van der Waals surface area contributed by atoms with Crippen molar-refractivity contribution < 1.29 is 22.4 Å². The van der Waals surface area contributed by atoms with Crippen molar-refractivity contribution in [3.05, 3.63) is 65.3 Å². The summed E-state index contributed by atoms with van der Waals surface area (Å²) in [6.07, 6.45) is -0.645. The first kappa shape index (κ1) is 27.2. The molecule has 14 heteroatoms. The van der Waals surface area contributed by atoms with Crippen LogP contribution < -0.4 is 10.6 Å². The van der Waals surface area contributed by atoms with Crippen LogP contribution in [0.3, 0.4) is 0 Å². The zero-order valence-corrected chi connectivity index (χ0v) is 22.3. The predicted molar refractivity (Wildman–Crippen MR) is 139 cm³/mol. The van der Waals surface area contributed by atoms with Gasteiger partial charge < -0.3 is 20.0 Å². The molecule has 4 aromatic rings. The Kier molecular flexibility index (Phi) is 7.04. The number of fused-ring (bicyclic) bond motifs is 1. The second-order valence-electron chi connectivity index (χ2n) is 10.3. The number of nitrogens with one attached hydrogen (secondary N) is 3. The lowest BCUT2D eigenvalue weighted by Gasteiger charge is -2.23. The van der Waals surface area contributed by atoms with E-state index in [-0.39, 0.29) is 0 Å². The highest BCUT2D eigenvalue weighted by Crippen LogP contribution is 2.39. The van der Waals surface area contributed by atoms with Crippen LogP contribution >= 0.6 is 0 Å². The van der Waals surface area contributed by atoms with Gasteiger partial charge in [-0.1, -0.05) is 12.1 Å². The molecule has 0 saturated carbocycles. The molecule has 0 fully saturated rings. The number of halogens is 3. The van der Waals surface area contributed by atoms with Crippen LogP contribution in [0.2, 0.25) is 0 Å². The van der Waals surface area contributed by atoms with E-state index in [4.69, 9.17) is 4.42 Å². The summed E-state index contributed by atoms with van der Waals surface area (Å²) in [6, 6.07) is 7.25. The van der Waals surface area contributed by atoms with Crippen LogP contribution in [0, 0.1) is 6.92 Å². The van der Waals surface area contributed by atoms with Crippen molar-refractivity contribution >= 4 is 17.5 Å². The summed E-state index contributed by atoms with van der Waals surface area (Å²) in [5, 5.41) is 20.0. The average Bonchev–Trinajstić information content (AvgIpc) is 3.53. The molecule has 11 nitrogen and oxygen atoms in total. The van der Waals surface area contributed by atoms with Crippen molar-refractivity contribution in [2.75, 3.05) is 18.9 Å². The van der Waals surface area contributed by atoms with Crippen molar-refractivity contribution in [3.63, 3.8) is 0 Å². The highest BCUT2D eigenvalue weighted by atomic mass is 19.4. The third-order valence-corrected chi connectivity index (χ3v) is 6.95. The van der Waals surface area contributed by atoms with Crippen LogP contribution in [0.4, 0.5) is 24.8 Å². The molecule has 5 rings (SSSR count). The van der Waals surface area contributed by atoms with Crippen molar-refractivity contribution in [3.8, 4) is 11.3 Å². The monoisotopic (exact) mass is 555 g/mol. The first-order chi connectivity index (χ1) is 18.9. The summed E-state index contributed by atoms with van der Waals surface area (Å²) in [5.74, 6) is -1.50. The molecule has 0 unspecified atom stereocenters. The van der Waals surface area contributed by atoms with Gasteiger partial charge in [0.25, 0.3) is 0 Å². The Labute approximate surface area is 227 Å². The van der Waals surface area contributed by atoms with Crippen LogP contribution in [-0.4, -0.2) is 60.9 Å². The molecule has 210 valence electrons. The Morgan fingerprint density at radius 3 is 2.73 bits per heavy atom. The van der Waals surface area contributed by atoms with E-state index in [1.165, 1.54) is 0 Å². The second kappa shape index (κ2) is 10.3. The number of H-pyrrole nitrogens is 1. The lowest BCUT2D eigenvalue weighted by atomic mass is 9.93. The van der Waals surface area contributed by atoms with E-state index in [1.54, 1.807) is 12.4 Å². The van der Waals surface area contributed by atoms with E-state index in [0.29, 0.717) is 31.2 Å². The van der Waals surface area contributed by atoms with Crippen LogP contribution in [0.5, 0.6) is 0 Å². The number of aromatic nitrogens is 6. The molecule has 40 heavy (non-hydrogen) atoms. The molecular weight excluding hydrogens is 527 g/mol. The number of benzene rings is 1. The molecule has 1 aromatic carbocycles. The molecule has 0 spiro atoms. The number of amides is 1. The molecule has 0 bridgehead atoms. The number of aryl methyl sites for hydroxylation is 1. The molecule has 4 heterocycles. The maximum absolute atomic E-state index is 13.4. The molecule has 1 aliphatic rings. The summed E-state index contributed by atoms with van der Waals surface area (Å²) in [7, 11) is 1.98. The van der Waals surface area contributed by atoms with Gasteiger partial charge in [0, 0.05) is 31.0 Å². The molecule has 3 aromatic heterocycles. The van der Waals surface area contributed by atoms with E-state index in [2.05, 4.69) is 45.9 Å². The number of anilines is 2. The quantitative estimate of drug-likeness (QED) is 0.315. The van der Waals surface area contributed by atoms with Crippen LogP contribution in [0.15, 0.2) is 41.1 Å². The van der Waals surface area contributed by atoms with Crippen LogP contribution in [0.25, 0.3) is 11.3 Å². The maximum atomic E-state index is 13.4. The predicted octanol–water partition coefficient (Wildman–Crippen LogP) is 4.45. The smallest absolute Gasteiger partial charge is 0.402 e. The fourth-order valence-electron chi connectivity index (χ4n) is 4.36. The van der Waals surface area contributed by atoms with Gasteiger partial charge in [0.15, 0.2) is 0 Å². The summed E-state index contributed by atoms with van der Waals surface area (Å²) >= 11 is 0. The zero-order chi connectivity index (χ0) is 28.7. The summed E-state index contributed by atoms with van der Waals surface area (Å²) in [5.41, 5.74) is 2.61. The summed E-state index contributed by atoms with van der Waals surface area (Å²) < 4.78 is 45.3. The minimum Gasteiger partial charge on any atom is -0.416 e. The van der Waals surface area contributed by atoms with E-state index in [0.717, 1.165) is 41.9 Å². The van der Waals surface area contributed by atoms with Crippen LogP contribution in [-0.2, 0) is 12.0 Å². The number of carbonyl (C=O) groups excluding carboxylic acids is 1. The lowest BCUT2D eigenvalue weighted by molar-refractivity contribution is -0.186. The molecule has 0 saturated heterocycles. The fraction of sp³-hybridized carbons (Fsp3) is 0.385. The van der Waals surface area contributed by atoms with Crippen molar-refractivity contribution in [2.24, 2.45) is 0 Å². The minimum absolute atomic E-state index is 0.417. The maximum Gasteiger partial charge on any atom is 0.402 e. The number of alkyl halides is 3. The molecule has 1 atom stereocenters. The Morgan fingerprint density at radius 2 is 2.00 bits per heavy atom. The Morgan fingerprint density at radius 1 is 1.20 bits per heavy atom. The lowest BCUT2D eigenvalue weighted by Crippen LogP contribution is -2.36. The molecular formula is C26H28F3N9O2. The number of hydrogen-bond acceptors (Lipinski definition) is 9. The molecule has 1 amide bonds. The first-order valence-electron chi connectivity index (χ1n) is 12.6. The summed E-state index contributed by atoms with van der Waals surface area (Å²) in [4.78, 5) is 24.0. The van der Waals surface area contributed by atoms with Gasteiger partial charge >= 0.3 is 18.0 Å². The van der Waals surface area contributed by atoms with E-state index >= 15 is 0 Å². The number of hydrogen-bond donors (Lipinski definition) is 3. The van der Waals surface area contributed by atoms with E-state index in [1.807, 2.05) is 38.2 Å². The fourth-order valence-corrected chi connectivity index (χ4v) is 4.36. The Hall–Kier alpha value is -4.33. The zero-order valence-electron chi connectivity index (χ0n) is 22.3. The van der Waals surface area contributed by atoms with Crippen molar-refractivity contribution in [1.82, 2.24) is 40.6 Å². The summed E-state index contributed by atoms with van der Waals surface area (Å²) in [6.45, 7) is 5.02. The molecule has 0 aliphatic carbocycles. The van der Waals surface area contributed by atoms with Gasteiger partial charge in [-0.3, -0.25) is 9.89 Å². The van der Waals surface area contributed by atoms with Crippen molar-refractivity contribution in [2.45, 2.75) is 51.4 Å². The number of carbonyl (C=O) groups is 1. The third kappa shape index (κ3) is 5.39. The standard InChI is InChI=1S/C26H28F3N9O2/c1-14-20(12-31-35-14)34-24-30-9-7-18(33-24)15-5-6-17-16(11-15)13-38(4)10-8-19(17)32-21(39)22-36-37-23(40-22)25(2,3)26(27,28)29/h5-7,9,11-12,19H,8,10,13H2,1-4H3,(H,31,35)(H,32,39)(H,30,33,34)/t19-/m0/s1. The number of nitrogens with zero attached hydrogens (tertiary/aromatic N) is 6. The minimum atomic E-state index is -4.62. The highest BCUT2D eigenvalue weighted by molar-refractivity contribution is 5.89.